The molecule has 0 unspecified atom stereocenters. The van der Waals surface area contributed by atoms with Crippen molar-refractivity contribution < 1.29 is 9.42 Å². The third kappa shape index (κ3) is 2.00. The van der Waals surface area contributed by atoms with Gasteiger partial charge < -0.3 is 0 Å². The van der Waals surface area contributed by atoms with Crippen molar-refractivity contribution >= 4 is 13.0 Å². The molecule has 0 aliphatic carbocycles. The van der Waals surface area contributed by atoms with Crippen molar-refractivity contribution in [3.63, 3.8) is 0 Å². The fourth-order valence-corrected chi connectivity index (χ4v) is 1.91. The first kappa shape index (κ1) is 8.66. The van der Waals surface area contributed by atoms with Gasteiger partial charge in [-0.25, -0.2) is 0 Å². The maximum absolute atomic E-state index is 9.71. The van der Waals surface area contributed by atoms with Gasteiger partial charge in [0.25, 0.3) is 0 Å². The van der Waals surface area contributed by atoms with E-state index in [9.17, 15) is 4.89 Å². The molecule has 0 saturated carbocycles. The van der Waals surface area contributed by atoms with Crippen LogP contribution in [-0.4, -0.2) is 18.7 Å². The molecule has 1 N–H and O–H groups in total. The Balaban J connectivity index is 2.93. The van der Waals surface area contributed by atoms with Crippen LogP contribution < -0.4 is 5.30 Å². The molecular formula is C8H13O2P. The Labute approximate surface area is 67.3 Å². The van der Waals surface area contributed by atoms with Gasteiger partial charge in [0.2, 0.25) is 0 Å². The van der Waals surface area contributed by atoms with Crippen LogP contribution in [0.5, 0.6) is 0 Å². The minimum atomic E-state index is -2.55. The van der Waals surface area contributed by atoms with E-state index in [0.29, 0.717) is 0 Å². The summed E-state index contributed by atoms with van der Waals surface area (Å²) >= 11 is 0. The molecule has 0 amide bonds. The van der Waals surface area contributed by atoms with Crippen LogP contribution in [0.2, 0.25) is 0 Å². The van der Waals surface area contributed by atoms with E-state index in [1.54, 1.807) is 13.8 Å². The molecule has 1 aromatic carbocycles. The summed E-state index contributed by atoms with van der Waals surface area (Å²) in [6.07, 6.45) is 0. The van der Waals surface area contributed by atoms with Crippen molar-refractivity contribution in [2.75, 3.05) is 13.8 Å². The van der Waals surface area contributed by atoms with E-state index in [1.165, 1.54) is 0 Å². The third-order valence-electron chi connectivity index (χ3n) is 1.71. The predicted molar refractivity (Wildman–Crippen MR) is 49.5 cm³/mol. The molecule has 0 saturated heterocycles. The van der Waals surface area contributed by atoms with Gasteiger partial charge in [0.05, 0.1) is 0 Å². The van der Waals surface area contributed by atoms with Gasteiger partial charge in [-0.1, -0.05) is 0 Å². The summed E-state index contributed by atoms with van der Waals surface area (Å²) in [6.45, 7) is 1.75. The summed E-state index contributed by atoms with van der Waals surface area (Å²) in [5.41, 5.74) is 0. The summed E-state index contributed by atoms with van der Waals surface area (Å²) in [7, 11) is -1.01. The van der Waals surface area contributed by atoms with Crippen molar-refractivity contribution in [1.82, 2.24) is 0 Å². The average molecular weight is 172 g/mol. The van der Waals surface area contributed by atoms with E-state index >= 15 is 0 Å². The van der Waals surface area contributed by atoms with Gasteiger partial charge in [-0.15, -0.1) is 0 Å². The van der Waals surface area contributed by atoms with Crippen LogP contribution in [0.25, 0.3) is 0 Å². The Morgan fingerprint density at radius 1 is 1.27 bits per heavy atom. The van der Waals surface area contributed by atoms with E-state index in [1.807, 2.05) is 30.3 Å². The van der Waals surface area contributed by atoms with Crippen molar-refractivity contribution in [3.05, 3.63) is 30.3 Å². The minimum absolute atomic E-state index is 0.905. The summed E-state index contributed by atoms with van der Waals surface area (Å²) in [5.74, 6) is 0. The second-order valence-electron chi connectivity index (χ2n) is 2.55. The van der Waals surface area contributed by atoms with E-state index < -0.39 is 7.72 Å². The second-order valence-corrected chi connectivity index (χ2v) is 5.50. The Bertz CT molecular complexity index is 221. The third-order valence-corrected chi connectivity index (χ3v) is 3.91. The molecule has 0 radical (unpaired) electrons. The van der Waals surface area contributed by atoms with E-state index in [0.717, 1.165) is 5.30 Å². The van der Waals surface area contributed by atoms with Crippen LogP contribution in [0, 0.1) is 0 Å². The first-order valence-corrected chi connectivity index (χ1v) is 5.85. The first-order chi connectivity index (χ1) is 5.17. The molecule has 2 nitrogen and oxygen atoms in total. The molecule has 0 aliphatic rings. The van der Waals surface area contributed by atoms with Gasteiger partial charge in [-0.3, -0.25) is 0 Å². The molecule has 0 spiro atoms. The predicted octanol–water partition coefficient (Wildman–Crippen LogP) is 1.16. The monoisotopic (exact) mass is 172 g/mol. The molecule has 0 atom stereocenters. The van der Waals surface area contributed by atoms with E-state index in [-0.39, 0.29) is 0 Å². The Morgan fingerprint density at radius 2 is 1.82 bits per heavy atom. The van der Waals surface area contributed by atoms with Crippen LogP contribution in [0.15, 0.2) is 30.3 Å². The van der Waals surface area contributed by atoms with Crippen molar-refractivity contribution in [3.8, 4) is 0 Å². The van der Waals surface area contributed by atoms with Gasteiger partial charge in [-0.2, -0.15) is 0 Å². The number of hydrogen-bond acceptors (Lipinski definition) is 2. The Morgan fingerprint density at radius 3 is 2.27 bits per heavy atom. The topological polar surface area (TPSA) is 29.5 Å². The fraction of sp³-hybridized carbons (Fsp3) is 0.250. The molecule has 0 fully saturated rings. The first-order valence-electron chi connectivity index (χ1n) is 3.50. The summed E-state index contributed by atoms with van der Waals surface area (Å²) < 4.78 is 5.02. The van der Waals surface area contributed by atoms with Crippen LogP contribution in [-0.2, 0) is 4.52 Å². The molecule has 11 heavy (non-hydrogen) atoms. The SMILES string of the molecule is CO[PH](C)(O)c1ccccc1. The zero-order valence-corrected chi connectivity index (χ0v) is 7.74. The Hall–Kier alpha value is -0.430. The zero-order valence-electron chi connectivity index (χ0n) is 6.74. The van der Waals surface area contributed by atoms with E-state index in [2.05, 4.69) is 0 Å². The van der Waals surface area contributed by atoms with Gasteiger partial charge in [0.15, 0.2) is 0 Å². The van der Waals surface area contributed by atoms with Gasteiger partial charge in [0, 0.05) is 0 Å². The van der Waals surface area contributed by atoms with Crippen LogP contribution in [0.3, 0.4) is 0 Å². The van der Waals surface area contributed by atoms with Crippen molar-refractivity contribution in [2.45, 2.75) is 0 Å². The summed E-state index contributed by atoms with van der Waals surface area (Å²) in [6, 6.07) is 9.49. The molecule has 0 heterocycles. The average Bonchev–Trinajstić information content (AvgIpc) is 2.06. The van der Waals surface area contributed by atoms with Crippen molar-refractivity contribution in [2.24, 2.45) is 0 Å². The molecule has 0 bridgehead atoms. The van der Waals surface area contributed by atoms with Crippen molar-refractivity contribution in [1.29, 1.82) is 0 Å². The van der Waals surface area contributed by atoms with Crippen LogP contribution in [0.1, 0.15) is 0 Å². The molecular weight excluding hydrogens is 159 g/mol. The molecule has 3 heteroatoms. The summed E-state index contributed by atoms with van der Waals surface area (Å²) in [4.78, 5) is 9.71. The molecule has 0 aliphatic heterocycles. The van der Waals surface area contributed by atoms with Crippen LogP contribution in [0.4, 0.5) is 0 Å². The summed E-state index contributed by atoms with van der Waals surface area (Å²) in [5, 5.41) is 0.905. The number of rotatable bonds is 2. The molecule has 62 valence electrons. The number of benzene rings is 1. The quantitative estimate of drug-likeness (QED) is 0.678. The fourth-order valence-electron chi connectivity index (χ4n) is 0.865. The zero-order chi connectivity index (χ0) is 8.32. The van der Waals surface area contributed by atoms with Gasteiger partial charge in [0.1, 0.15) is 0 Å². The van der Waals surface area contributed by atoms with Crippen LogP contribution >= 0.6 is 7.72 Å². The number of hydrogen-bond donors (Lipinski definition) is 1. The standard InChI is InChI=1S/C8H13O2P/c1-10-11(2,9)8-6-4-3-5-7-8/h3-7,9,11H,1-2H3. The molecule has 0 aromatic heterocycles. The normalized spacial score (nSPS) is 13.0. The second kappa shape index (κ2) is 3.31. The molecule has 1 rings (SSSR count). The molecule has 1 aromatic rings. The van der Waals surface area contributed by atoms with Gasteiger partial charge >= 0.3 is 66.5 Å². The Kier molecular flexibility index (Phi) is 2.61. The van der Waals surface area contributed by atoms with E-state index in [4.69, 9.17) is 4.52 Å². The maximum atomic E-state index is 9.71. The van der Waals surface area contributed by atoms with Gasteiger partial charge in [-0.05, 0) is 0 Å².